The van der Waals surface area contributed by atoms with Gasteiger partial charge in [-0.15, -0.1) is 11.6 Å². The maximum absolute atomic E-state index is 12.4. The van der Waals surface area contributed by atoms with Gasteiger partial charge in [0.15, 0.2) is 0 Å². The second-order valence-corrected chi connectivity index (χ2v) is 3.33. The zero-order valence-corrected chi connectivity index (χ0v) is 8.20. The first-order valence-corrected chi connectivity index (χ1v) is 4.80. The molecule has 0 saturated carbocycles. The molecule has 14 heavy (non-hydrogen) atoms. The smallest absolute Gasteiger partial charge is 0.166 e. The number of hydrogen-bond acceptors (Lipinski definition) is 0. The van der Waals surface area contributed by atoms with E-state index < -0.39 is 11.7 Å². The van der Waals surface area contributed by atoms with Crippen LogP contribution in [0.4, 0.5) is 13.2 Å². The van der Waals surface area contributed by atoms with E-state index in [9.17, 15) is 13.2 Å². The molecule has 0 atom stereocenters. The normalized spacial score (nSPS) is 11.7. The number of alkyl halides is 4. The Hall–Kier alpha value is -0.700. The van der Waals surface area contributed by atoms with Gasteiger partial charge in [-0.25, -0.2) is 0 Å². The average Bonchev–Trinajstić information content (AvgIpc) is 2.14. The van der Waals surface area contributed by atoms with Gasteiger partial charge in [0.05, 0.1) is 5.56 Å². The Morgan fingerprint density at radius 1 is 1.14 bits per heavy atom. The molecule has 1 aromatic rings. The van der Waals surface area contributed by atoms with Crippen LogP contribution >= 0.6 is 11.6 Å². The van der Waals surface area contributed by atoms with Gasteiger partial charge in [-0.05, 0) is 24.5 Å². The molecule has 0 bridgehead atoms. The van der Waals surface area contributed by atoms with Crippen LogP contribution in [0, 0.1) is 0 Å². The quantitative estimate of drug-likeness (QED) is 0.681. The summed E-state index contributed by atoms with van der Waals surface area (Å²) in [4.78, 5) is 0. The molecular formula is C10H10ClF3. The molecule has 0 spiro atoms. The molecule has 0 aliphatic rings. The Morgan fingerprint density at radius 2 is 1.79 bits per heavy atom. The largest absolute Gasteiger partial charge is 0.416 e. The van der Waals surface area contributed by atoms with E-state index in [0.29, 0.717) is 24.3 Å². The fraction of sp³-hybridized carbons (Fsp3) is 0.400. The minimum absolute atomic E-state index is 0.320. The van der Waals surface area contributed by atoms with E-state index >= 15 is 0 Å². The lowest BCUT2D eigenvalue weighted by Gasteiger charge is -2.11. The molecule has 0 amide bonds. The highest BCUT2D eigenvalue weighted by Crippen LogP contribution is 2.32. The predicted molar refractivity (Wildman–Crippen MR) is 50.5 cm³/mol. The summed E-state index contributed by atoms with van der Waals surface area (Å²) >= 11 is 5.44. The molecule has 0 N–H and O–H groups in total. The molecule has 0 nitrogen and oxygen atoms in total. The first kappa shape index (κ1) is 11.4. The van der Waals surface area contributed by atoms with E-state index in [-0.39, 0.29) is 0 Å². The SMILES string of the molecule is FC(F)(F)c1ccccc1CCCCl. The molecule has 0 aromatic heterocycles. The molecule has 0 fully saturated rings. The van der Waals surface area contributed by atoms with Crippen LogP contribution in [0.2, 0.25) is 0 Å². The fourth-order valence-electron chi connectivity index (χ4n) is 1.27. The third-order valence-electron chi connectivity index (χ3n) is 1.90. The van der Waals surface area contributed by atoms with Crippen LogP contribution in [-0.2, 0) is 12.6 Å². The maximum atomic E-state index is 12.4. The van der Waals surface area contributed by atoms with Crippen molar-refractivity contribution in [3.8, 4) is 0 Å². The molecule has 1 aromatic carbocycles. The van der Waals surface area contributed by atoms with Crippen LogP contribution < -0.4 is 0 Å². The van der Waals surface area contributed by atoms with Gasteiger partial charge in [-0.3, -0.25) is 0 Å². The van der Waals surface area contributed by atoms with Crippen molar-refractivity contribution in [2.45, 2.75) is 19.0 Å². The lowest BCUT2D eigenvalue weighted by Crippen LogP contribution is -2.09. The monoisotopic (exact) mass is 222 g/mol. The summed E-state index contributed by atoms with van der Waals surface area (Å²) in [5, 5.41) is 0. The van der Waals surface area contributed by atoms with E-state index in [0.717, 1.165) is 6.07 Å². The van der Waals surface area contributed by atoms with Crippen molar-refractivity contribution in [3.05, 3.63) is 35.4 Å². The van der Waals surface area contributed by atoms with Gasteiger partial charge in [-0.2, -0.15) is 13.2 Å². The van der Waals surface area contributed by atoms with Crippen molar-refractivity contribution in [2.24, 2.45) is 0 Å². The van der Waals surface area contributed by atoms with Crippen LogP contribution in [0.5, 0.6) is 0 Å². The van der Waals surface area contributed by atoms with E-state index in [4.69, 9.17) is 11.6 Å². The Kier molecular flexibility index (Phi) is 3.81. The van der Waals surface area contributed by atoms with Crippen molar-refractivity contribution < 1.29 is 13.2 Å². The highest BCUT2D eigenvalue weighted by Gasteiger charge is 2.32. The molecular weight excluding hydrogens is 213 g/mol. The van der Waals surface area contributed by atoms with Crippen LogP contribution in [0.25, 0.3) is 0 Å². The first-order valence-electron chi connectivity index (χ1n) is 4.27. The third-order valence-corrected chi connectivity index (χ3v) is 2.17. The van der Waals surface area contributed by atoms with E-state index in [2.05, 4.69) is 0 Å². The zero-order chi connectivity index (χ0) is 10.6. The lowest BCUT2D eigenvalue weighted by molar-refractivity contribution is -0.138. The number of hydrogen-bond donors (Lipinski definition) is 0. The first-order chi connectivity index (χ1) is 6.55. The fourth-order valence-corrected chi connectivity index (χ4v) is 1.41. The Bertz CT molecular complexity index is 294. The van der Waals surface area contributed by atoms with Crippen molar-refractivity contribution in [1.82, 2.24) is 0 Å². The van der Waals surface area contributed by atoms with Gasteiger partial charge < -0.3 is 0 Å². The van der Waals surface area contributed by atoms with Gasteiger partial charge in [-0.1, -0.05) is 18.2 Å². The second-order valence-electron chi connectivity index (χ2n) is 2.95. The molecule has 4 heteroatoms. The van der Waals surface area contributed by atoms with Crippen molar-refractivity contribution in [2.75, 3.05) is 5.88 Å². The summed E-state index contributed by atoms with van der Waals surface area (Å²) in [6.07, 6.45) is -3.32. The summed E-state index contributed by atoms with van der Waals surface area (Å²) < 4.78 is 37.3. The highest BCUT2D eigenvalue weighted by atomic mass is 35.5. The van der Waals surface area contributed by atoms with E-state index in [1.807, 2.05) is 0 Å². The minimum Gasteiger partial charge on any atom is -0.166 e. The lowest BCUT2D eigenvalue weighted by atomic mass is 10.0. The summed E-state index contributed by atoms with van der Waals surface area (Å²) in [7, 11) is 0. The van der Waals surface area contributed by atoms with Crippen LogP contribution in [0.1, 0.15) is 17.5 Å². The van der Waals surface area contributed by atoms with Gasteiger partial charge in [0.1, 0.15) is 0 Å². The number of halogens is 4. The Morgan fingerprint density at radius 3 is 2.36 bits per heavy atom. The number of benzene rings is 1. The molecule has 78 valence electrons. The molecule has 0 heterocycles. The van der Waals surface area contributed by atoms with Gasteiger partial charge >= 0.3 is 6.18 Å². The summed E-state index contributed by atoms with van der Waals surface area (Å²) in [6.45, 7) is 0. The molecule has 0 saturated heterocycles. The molecule has 1 rings (SSSR count). The van der Waals surface area contributed by atoms with E-state index in [1.165, 1.54) is 12.1 Å². The summed E-state index contributed by atoms with van der Waals surface area (Å²) in [5.41, 5.74) is -0.231. The summed E-state index contributed by atoms with van der Waals surface area (Å²) in [5.74, 6) is 0.381. The highest BCUT2D eigenvalue weighted by molar-refractivity contribution is 6.17. The second kappa shape index (κ2) is 4.69. The zero-order valence-electron chi connectivity index (χ0n) is 7.44. The molecule has 0 radical (unpaired) electrons. The van der Waals surface area contributed by atoms with Crippen molar-refractivity contribution in [1.29, 1.82) is 0 Å². The van der Waals surface area contributed by atoms with Crippen molar-refractivity contribution in [3.63, 3.8) is 0 Å². The molecule has 0 aliphatic carbocycles. The van der Waals surface area contributed by atoms with E-state index in [1.54, 1.807) is 6.07 Å². The van der Waals surface area contributed by atoms with Crippen LogP contribution in [-0.4, -0.2) is 5.88 Å². The predicted octanol–water partition coefficient (Wildman–Crippen LogP) is 3.88. The molecule has 0 aliphatic heterocycles. The van der Waals surface area contributed by atoms with Crippen molar-refractivity contribution >= 4 is 11.6 Å². The maximum Gasteiger partial charge on any atom is 0.416 e. The third kappa shape index (κ3) is 2.91. The van der Waals surface area contributed by atoms with Gasteiger partial charge in [0.25, 0.3) is 0 Å². The van der Waals surface area contributed by atoms with Gasteiger partial charge in [0, 0.05) is 5.88 Å². The average molecular weight is 223 g/mol. The number of aryl methyl sites for hydroxylation is 1. The Labute approximate surface area is 85.7 Å². The molecule has 0 unspecified atom stereocenters. The summed E-state index contributed by atoms with van der Waals surface area (Å²) in [6, 6.07) is 5.60. The number of rotatable bonds is 3. The topological polar surface area (TPSA) is 0 Å². The van der Waals surface area contributed by atoms with Crippen LogP contribution in [0.3, 0.4) is 0 Å². The van der Waals surface area contributed by atoms with Crippen LogP contribution in [0.15, 0.2) is 24.3 Å². The Balaban J connectivity index is 2.92. The minimum atomic E-state index is -4.26. The van der Waals surface area contributed by atoms with Gasteiger partial charge in [0.2, 0.25) is 0 Å². The standard InChI is InChI=1S/C10H10ClF3/c11-7-3-5-8-4-1-2-6-9(8)10(12,13)14/h1-2,4,6H,3,5,7H2.